The van der Waals surface area contributed by atoms with Crippen LogP contribution in [0.1, 0.15) is 32.8 Å². The number of rotatable bonds is 8. The van der Waals surface area contributed by atoms with E-state index in [4.69, 9.17) is 5.73 Å². The normalized spacial score (nSPS) is 10.7. The van der Waals surface area contributed by atoms with E-state index in [-0.39, 0.29) is 5.91 Å². The summed E-state index contributed by atoms with van der Waals surface area (Å²) >= 11 is 0. The van der Waals surface area contributed by atoms with Crippen LogP contribution in [0.25, 0.3) is 0 Å². The molecule has 112 valence electrons. The Labute approximate surface area is 122 Å². The average Bonchev–Trinajstić information content (AvgIpc) is 2.45. The minimum Gasteiger partial charge on any atom is -0.362 e. The first kappa shape index (κ1) is 16.5. The van der Waals surface area contributed by atoms with E-state index in [0.29, 0.717) is 19.0 Å². The Kier molecular flexibility index (Phi) is 7.09. The van der Waals surface area contributed by atoms with Crippen molar-refractivity contribution in [2.24, 2.45) is 11.7 Å². The van der Waals surface area contributed by atoms with Crippen LogP contribution in [0.2, 0.25) is 0 Å². The molecule has 3 N–H and O–H groups in total. The maximum absolute atomic E-state index is 12.0. The van der Waals surface area contributed by atoms with Crippen molar-refractivity contribution in [2.75, 3.05) is 24.5 Å². The monoisotopic (exact) mass is 277 g/mol. The Morgan fingerprint density at radius 3 is 2.45 bits per heavy atom. The van der Waals surface area contributed by atoms with Crippen molar-refractivity contribution < 1.29 is 4.79 Å². The lowest BCUT2D eigenvalue weighted by atomic mass is 10.2. The third kappa shape index (κ3) is 5.61. The van der Waals surface area contributed by atoms with Crippen LogP contribution in [0.5, 0.6) is 0 Å². The average molecular weight is 277 g/mol. The molecule has 0 fully saturated rings. The van der Waals surface area contributed by atoms with Crippen LogP contribution in [0, 0.1) is 5.92 Å². The van der Waals surface area contributed by atoms with E-state index in [9.17, 15) is 4.79 Å². The van der Waals surface area contributed by atoms with Crippen molar-refractivity contribution in [1.29, 1.82) is 0 Å². The van der Waals surface area contributed by atoms with Gasteiger partial charge < -0.3 is 16.0 Å². The van der Waals surface area contributed by atoms with Gasteiger partial charge in [0.05, 0.1) is 6.54 Å². The number of carbonyl (C=O) groups is 1. The molecule has 20 heavy (non-hydrogen) atoms. The van der Waals surface area contributed by atoms with Gasteiger partial charge in [-0.05, 0) is 30.0 Å². The van der Waals surface area contributed by atoms with Crippen molar-refractivity contribution in [3.05, 3.63) is 29.8 Å². The molecule has 1 rings (SSSR count). The standard InChI is InChI=1S/C16H27N3O/c1-4-9-19(12-16(20)18-11-13(2)3)15-7-5-14(10-17)6-8-15/h5-8,13H,4,9-12,17H2,1-3H3,(H,18,20). The Bertz CT molecular complexity index is 401. The fourth-order valence-corrected chi connectivity index (χ4v) is 1.96. The van der Waals surface area contributed by atoms with Crippen LogP contribution < -0.4 is 16.0 Å². The smallest absolute Gasteiger partial charge is 0.239 e. The highest BCUT2D eigenvalue weighted by atomic mass is 16.2. The zero-order valence-electron chi connectivity index (χ0n) is 12.9. The molecule has 0 bridgehead atoms. The number of nitrogens with zero attached hydrogens (tertiary/aromatic N) is 1. The molecule has 0 aliphatic rings. The van der Waals surface area contributed by atoms with Crippen molar-refractivity contribution >= 4 is 11.6 Å². The molecule has 0 heterocycles. The van der Waals surface area contributed by atoms with Gasteiger partial charge in [0.1, 0.15) is 0 Å². The fraction of sp³-hybridized carbons (Fsp3) is 0.562. The van der Waals surface area contributed by atoms with E-state index in [1.54, 1.807) is 0 Å². The maximum atomic E-state index is 12.0. The van der Waals surface area contributed by atoms with E-state index in [1.165, 1.54) is 0 Å². The van der Waals surface area contributed by atoms with Gasteiger partial charge in [-0.3, -0.25) is 4.79 Å². The van der Waals surface area contributed by atoms with Gasteiger partial charge in [0.25, 0.3) is 0 Å². The maximum Gasteiger partial charge on any atom is 0.239 e. The summed E-state index contributed by atoms with van der Waals surface area (Å²) in [6.07, 6.45) is 1.01. The van der Waals surface area contributed by atoms with Crippen LogP contribution in [-0.2, 0) is 11.3 Å². The predicted octanol–water partition coefficient (Wildman–Crippen LogP) is 2.13. The number of carbonyl (C=O) groups excluding carboxylic acids is 1. The third-order valence-corrected chi connectivity index (χ3v) is 3.07. The molecule has 0 spiro atoms. The van der Waals surface area contributed by atoms with Crippen LogP contribution in [0.3, 0.4) is 0 Å². The summed E-state index contributed by atoms with van der Waals surface area (Å²) < 4.78 is 0. The fourth-order valence-electron chi connectivity index (χ4n) is 1.96. The van der Waals surface area contributed by atoms with Crippen molar-refractivity contribution in [1.82, 2.24) is 5.32 Å². The first-order chi connectivity index (χ1) is 9.56. The lowest BCUT2D eigenvalue weighted by Gasteiger charge is -2.24. The summed E-state index contributed by atoms with van der Waals surface area (Å²) in [6, 6.07) is 8.11. The lowest BCUT2D eigenvalue weighted by Crippen LogP contribution is -2.39. The SMILES string of the molecule is CCCN(CC(=O)NCC(C)C)c1ccc(CN)cc1. The molecule has 1 amide bonds. The van der Waals surface area contributed by atoms with Crippen LogP contribution in [0.15, 0.2) is 24.3 Å². The van der Waals surface area contributed by atoms with Gasteiger partial charge in [-0.2, -0.15) is 0 Å². The van der Waals surface area contributed by atoms with Gasteiger partial charge in [-0.15, -0.1) is 0 Å². The first-order valence-electron chi connectivity index (χ1n) is 7.37. The summed E-state index contributed by atoms with van der Waals surface area (Å²) in [4.78, 5) is 14.1. The molecule has 0 saturated carbocycles. The van der Waals surface area contributed by atoms with Gasteiger partial charge in [0.15, 0.2) is 0 Å². The molecule has 4 nitrogen and oxygen atoms in total. The van der Waals surface area contributed by atoms with Gasteiger partial charge in [-0.1, -0.05) is 32.9 Å². The molecule has 4 heteroatoms. The van der Waals surface area contributed by atoms with Crippen LogP contribution >= 0.6 is 0 Å². The minimum atomic E-state index is 0.0788. The van der Waals surface area contributed by atoms with E-state index in [1.807, 2.05) is 24.3 Å². The largest absolute Gasteiger partial charge is 0.362 e. The molecule has 0 aliphatic heterocycles. The molecule has 0 aromatic heterocycles. The topological polar surface area (TPSA) is 58.4 Å². The van der Waals surface area contributed by atoms with Gasteiger partial charge >= 0.3 is 0 Å². The Balaban J connectivity index is 2.65. The highest BCUT2D eigenvalue weighted by molar-refractivity contribution is 5.81. The number of hydrogen-bond acceptors (Lipinski definition) is 3. The number of nitrogens with one attached hydrogen (secondary N) is 1. The van der Waals surface area contributed by atoms with Crippen LogP contribution in [0.4, 0.5) is 5.69 Å². The van der Waals surface area contributed by atoms with Crippen LogP contribution in [-0.4, -0.2) is 25.5 Å². The summed E-state index contributed by atoms with van der Waals surface area (Å²) in [6.45, 7) is 8.85. The number of anilines is 1. The van der Waals surface area contributed by atoms with Crippen molar-refractivity contribution in [3.8, 4) is 0 Å². The third-order valence-electron chi connectivity index (χ3n) is 3.07. The van der Waals surface area contributed by atoms with Gasteiger partial charge in [0, 0.05) is 25.3 Å². The zero-order chi connectivity index (χ0) is 15.0. The number of nitrogens with two attached hydrogens (primary N) is 1. The van der Waals surface area contributed by atoms with E-state index in [2.05, 4.69) is 31.0 Å². The zero-order valence-corrected chi connectivity index (χ0v) is 12.9. The molecule has 1 aromatic rings. The Morgan fingerprint density at radius 2 is 1.95 bits per heavy atom. The minimum absolute atomic E-state index is 0.0788. The molecular weight excluding hydrogens is 250 g/mol. The molecule has 0 radical (unpaired) electrons. The highest BCUT2D eigenvalue weighted by Crippen LogP contribution is 2.15. The van der Waals surface area contributed by atoms with E-state index < -0.39 is 0 Å². The molecule has 0 saturated heterocycles. The van der Waals surface area contributed by atoms with E-state index >= 15 is 0 Å². The first-order valence-corrected chi connectivity index (χ1v) is 7.37. The molecule has 1 aromatic carbocycles. The second kappa shape index (κ2) is 8.59. The highest BCUT2D eigenvalue weighted by Gasteiger charge is 2.11. The Morgan fingerprint density at radius 1 is 1.30 bits per heavy atom. The van der Waals surface area contributed by atoms with Gasteiger partial charge in [0.2, 0.25) is 5.91 Å². The quantitative estimate of drug-likeness (QED) is 0.765. The molecule has 0 aliphatic carbocycles. The van der Waals surface area contributed by atoms with E-state index in [0.717, 1.165) is 30.8 Å². The molecule has 0 unspecified atom stereocenters. The summed E-state index contributed by atoms with van der Waals surface area (Å²) in [5.41, 5.74) is 7.78. The second-order valence-corrected chi connectivity index (χ2v) is 5.49. The van der Waals surface area contributed by atoms with Crippen molar-refractivity contribution in [2.45, 2.75) is 33.7 Å². The number of benzene rings is 1. The molecule has 0 atom stereocenters. The summed E-state index contributed by atoms with van der Waals surface area (Å²) in [5, 5.41) is 2.96. The number of amides is 1. The summed E-state index contributed by atoms with van der Waals surface area (Å²) in [7, 11) is 0. The predicted molar refractivity (Wildman–Crippen MR) is 84.7 cm³/mol. The molecular formula is C16H27N3O. The Hall–Kier alpha value is -1.55. The van der Waals surface area contributed by atoms with Crippen molar-refractivity contribution in [3.63, 3.8) is 0 Å². The second-order valence-electron chi connectivity index (χ2n) is 5.49. The number of hydrogen-bond donors (Lipinski definition) is 2. The van der Waals surface area contributed by atoms with Gasteiger partial charge in [-0.25, -0.2) is 0 Å². The summed E-state index contributed by atoms with van der Waals surface area (Å²) in [5.74, 6) is 0.553. The lowest BCUT2D eigenvalue weighted by molar-refractivity contribution is -0.119.